The molecule has 8 nitrogen and oxygen atoms in total. The highest BCUT2D eigenvalue weighted by molar-refractivity contribution is 5.88. The molecule has 3 heterocycles. The van der Waals surface area contributed by atoms with E-state index < -0.39 is 6.04 Å². The Labute approximate surface area is 154 Å². The van der Waals surface area contributed by atoms with Gasteiger partial charge in [0.15, 0.2) is 0 Å². The predicted octanol–water partition coefficient (Wildman–Crippen LogP) is -0.0284. The fourth-order valence-corrected chi connectivity index (χ4v) is 3.78. The molecule has 0 aliphatic carbocycles. The first-order valence-corrected chi connectivity index (χ1v) is 9.11. The van der Waals surface area contributed by atoms with Crippen LogP contribution in [0.4, 0.5) is 0 Å². The Hall–Kier alpha value is -2.06. The van der Waals surface area contributed by atoms with E-state index in [9.17, 15) is 9.59 Å². The molecule has 0 N–H and O–H groups in total. The zero-order valence-corrected chi connectivity index (χ0v) is 15.5. The van der Waals surface area contributed by atoms with Gasteiger partial charge in [0.2, 0.25) is 11.8 Å². The summed E-state index contributed by atoms with van der Waals surface area (Å²) in [5.41, 5.74) is 1.04. The second kappa shape index (κ2) is 8.55. The standard InChI is InChI=1S/C18H27N5O3/c1-21-9-10-23(17(24)12-26-2)16(11-21)18(25)22-7-4-14(5-8-22)15-3-6-19-13-20-15/h3,6,13-14,16H,4-5,7-12H2,1-2H3/t16-/m1/s1. The van der Waals surface area contributed by atoms with E-state index in [0.29, 0.717) is 32.1 Å². The molecule has 142 valence electrons. The van der Waals surface area contributed by atoms with Crippen LogP contribution >= 0.6 is 0 Å². The number of likely N-dealkylation sites (N-methyl/N-ethyl adjacent to an activating group) is 1. The number of carbonyl (C=O) groups is 2. The van der Waals surface area contributed by atoms with E-state index in [1.54, 1.807) is 17.4 Å². The Balaban J connectivity index is 1.63. The highest BCUT2D eigenvalue weighted by Crippen LogP contribution is 2.27. The summed E-state index contributed by atoms with van der Waals surface area (Å²) in [6, 6.07) is 1.52. The van der Waals surface area contributed by atoms with Gasteiger partial charge in [0, 0.05) is 57.6 Å². The molecule has 2 fully saturated rings. The lowest BCUT2D eigenvalue weighted by atomic mass is 9.93. The highest BCUT2D eigenvalue weighted by atomic mass is 16.5. The van der Waals surface area contributed by atoms with Gasteiger partial charge in [-0.2, -0.15) is 0 Å². The molecule has 0 unspecified atom stereocenters. The summed E-state index contributed by atoms with van der Waals surface area (Å²) in [6.07, 6.45) is 5.11. The van der Waals surface area contributed by atoms with Crippen LogP contribution in [0.2, 0.25) is 0 Å². The van der Waals surface area contributed by atoms with Crippen molar-refractivity contribution in [3.05, 3.63) is 24.3 Å². The fraction of sp³-hybridized carbons (Fsp3) is 0.667. The number of hydrogen-bond donors (Lipinski definition) is 0. The molecular weight excluding hydrogens is 334 g/mol. The van der Waals surface area contributed by atoms with Crippen LogP contribution in [0.5, 0.6) is 0 Å². The first kappa shape index (κ1) is 18.7. The van der Waals surface area contributed by atoms with Crippen molar-refractivity contribution in [3.8, 4) is 0 Å². The van der Waals surface area contributed by atoms with Gasteiger partial charge in [-0.3, -0.25) is 9.59 Å². The fourth-order valence-electron chi connectivity index (χ4n) is 3.78. The molecule has 1 atom stereocenters. The van der Waals surface area contributed by atoms with Gasteiger partial charge in [-0.25, -0.2) is 9.97 Å². The van der Waals surface area contributed by atoms with Crippen LogP contribution in [0, 0.1) is 0 Å². The number of nitrogens with zero attached hydrogens (tertiary/aromatic N) is 5. The number of rotatable bonds is 4. The maximum Gasteiger partial charge on any atom is 0.249 e. The number of amides is 2. The summed E-state index contributed by atoms with van der Waals surface area (Å²) < 4.78 is 4.98. The van der Waals surface area contributed by atoms with Gasteiger partial charge in [-0.1, -0.05) is 0 Å². The van der Waals surface area contributed by atoms with Crippen molar-refractivity contribution in [2.24, 2.45) is 0 Å². The third kappa shape index (κ3) is 4.19. The van der Waals surface area contributed by atoms with Crippen molar-refractivity contribution < 1.29 is 14.3 Å². The summed E-state index contributed by atoms with van der Waals surface area (Å²) in [5.74, 6) is 0.291. The number of likely N-dealkylation sites (tertiary alicyclic amines) is 1. The predicted molar refractivity (Wildman–Crippen MR) is 95.5 cm³/mol. The number of carbonyl (C=O) groups excluding carboxylic acids is 2. The monoisotopic (exact) mass is 361 g/mol. The normalized spacial score (nSPS) is 22.5. The van der Waals surface area contributed by atoms with Crippen molar-refractivity contribution in [1.29, 1.82) is 0 Å². The molecule has 0 radical (unpaired) electrons. The Morgan fingerprint density at radius 1 is 1.23 bits per heavy atom. The average molecular weight is 361 g/mol. The van der Waals surface area contributed by atoms with Crippen LogP contribution < -0.4 is 0 Å². The lowest BCUT2D eigenvalue weighted by molar-refractivity contribution is -0.151. The van der Waals surface area contributed by atoms with Crippen molar-refractivity contribution in [1.82, 2.24) is 24.7 Å². The summed E-state index contributed by atoms with van der Waals surface area (Å²) in [4.78, 5) is 39.4. The molecule has 2 aliphatic heterocycles. The molecule has 1 aromatic heterocycles. The van der Waals surface area contributed by atoms with Crippen LogP contribution in [0.25, 0.3) is 0 Å². The molecule has 0 saturated carbocycles. The molecule has 1 aromatic rings. The average Bonchev–Trinajstić information content (AvgIpc) is 2.68. The molecule has 2 aliphatic rings. The maximum absolute atomic E-state index is 13.1. The van der Waals surface area contributed by atoms with Gasteiger partial charge in [-0.05, 0) is 26.0 Å². The first-order valence-electron chi connectivity index (χ1n) is 9.11. The van der Waals surface area contributed by atoms with Gasteiger partial charge < -0.3 is 19.4 Å². The summed E-state index contributed by atoms with van der Waals surface area (Å²) >= 11 is 0. The molecule has 0 aromatic carbocycles. The molecule has 2 amide bonds. The lowest BCUT2D eigenvalue weighted by Crippen LogP contribution is -2.61. The van der Waals surface area contributed by atoms with Gasteiger partial charge in [-0.15, -0.1) is 0 Å². The molecule has 8 heteroatoms. The van der Waals surface area contributed by atoms with Crippen molar-refractivity contribution in [3.63, 3.8) is 0 Å². The SMILES string of the molecule is COCC(=O)N1CCN(C)C[C@@H]1C(=O)N1CCC(c2ccncn2)CC1. The first-order chi connectivity index (χ1) is 12.6. The van der Waals surface area contributed by atoms with E-state index in [0.717, 1.165) is 25.1 Å². The van der Waals surface area contributed by atoms with E-state index in [2.05, 4.69) is 14.9 Å². The van der Waals surface area contributed by atoms with E-state index in [1.807, 2.05) is 18.0 Å². The van der Waals surface area contributed by atoms with Crippen molar-refractivity contribution >= 4 is 11.8 Å². The second-order valence-electron chi connectivity index (χ2n) is 7.03. The number of methoxy groups -OCH3 is 1. The zero-order valence-electron chi connectivity index (χ0n) is 15.5. The molecular formula is C18H27N5O3. The number of aromatic nitrogens is 2. The minimum Gasteiger partial charge on any atom is -0.375 e. The number of piperidine rings is 1. The second-order valence-corrected chi connectivity index (χ2v) is 7.03. The molecule has 26 heavy (non-hydrogen) atoms. The Morgan fingerprint density at radius 3 is 2.65 bits per heavy atom. The highest BCUT2D eigenvalue weighted by Gasteiger charge is 2.37. The Kier molecular flexibility index (Phi) is 6.16. The zero-order chi connectivity index (χ0) is 18.5. The van der Waals surface area contributed by atoms with Gasteiger partial charge in [0.1, 0.15) is 19.0 Å². The smallest absolute Gasteiger partial charge is 0.249 e. The van der Waals surface area contributed by atoms with Crippen molar-refractivity contribution in [2.75, 3.05) is 53.5 Å². The van der Waals surface area contributed by atoms with Crippen LogP contribution in [0.15, 0.2) is 18.6 Å². The van der Waals surface area contributed by atoms with Crippen LogP contribution in [-0.2, 0) is 14.3 Å². The van der Waals surface area contributed by atoms with Crippen molar-refractivity contribution in [2.45, 2.75) is 24.8 Å². The summed E-state index contributed by atoms with van der Waals surface area (Å²) in [6.45, 7) is 3.31. The Morgan fingerprint density at radius 2 is 2.00 bits per heavy atom. The van der Waals surface area contributed by atoms with Crippen LogP contribution in [0.1, 0.15) is 24.5 Å². The minimum absolute atomic E-state index is 0.0171. The number of hydrogen-bond acceptors (Lipinski definition) is 6. The summed E-state index contributed by atoms with van der Waals surface area (Å²) in [7, 11) is 3.49. The number of ether oxygens (including phenoxy) is 1. The van der Waals surface area contributed by atoms with E-state index in [1.165, 1.54) is 7.11 Å². The minimum atomic E-state index is -0.424. The molecule has 2 saturated heterocycles. The Bertz CT molecular complexity index is 619. The largest absolute Gasteiger partial charge is 0.375 e. The van der Waals surface area contributed by atoms with E-state index >= 15 is 0 Å². The van der Waals surface area contributed by atoms with Crippen LogP contribution in [-0.4, -0.2) is 96.0 Å². The number of piperazine rings is 1. The molecule has 0 bridgehead atoms. The lowest BCUT2D eigenvalue weighted by Gasteiger charge is -2.42. The third-order valence-electron chi connectivity index (χ3n) is 5.29. The molecule has 3 rings (SSSR count). The van der Waals surface area contributed by atoms with Gasteiger partial charge in [0.25, 0.3) is 0 Å². The van der Waals surface area contributed by atoms with Gasteiger partial charge in [0.05, 0.1) is 0 Å². The third-order valence-corrected chi connectivity index (χ3v) is 5.29. The molecule has 0 spiro atoms. The topological polar surface area (TPSA) is 78.9 Å². The van der Waals surface area contributed by atoms with E-state index in [-0.39, 0.29) is 18.4 Å². The maximum atomic E-state index is 13.1. The summed E-state index contributed by atoms with van der Waals surface area (Å²) in [5, 5.41) is 0. The van der Waals surface area contributed by atoms with Crippen LogP contribution in [0.3, 0.4) is 0 Å². The quantitative estimate of drug-likeness (QED) is 0.750. The van der Waals surface area contributed by atoms with Gasteiger partial charge >= 0.3 is 0 Å². The van der Waals surface area contributed by atoms with E-state index in [4.69, 9.17) is 4.74 Å².